The van der Waals surface area contributed by atoms with Gasteiger partial charge in [0.25, 0.3) is 0 Å². The summed E-state index contributed by atoms with van der Waals surface area (Å²) in [5.74, 6) is 1.24. The highest BCUT2D eigenvalue weighted by Gasteiger charge is 2.28. The third kappa shape index (κ3) is 2.51. The molecule has 15 heavy (non-hydrogen) atoms. The van der Waals surface area contributed by atoms with Gasteiger partial charge in [0.1, 0.15) is 0 Å². The predicted molar refractivity (Wildman–Crippen MR) is 63.4 cm³/mol. The van der Waals surface area contributed by atoms with Crippen molar-refractivity contribution in [3.05, 3.63) is 34.9 Å². The van der Waals surface area contributed by atoms with Crippen molar-refractivity contribution in [1.29, 1.82) is 5.41 Å². The second-order valence-corrected chi connectivity index (χ2v) is 4.51. The average molecular weight is 223 g/mol. The van der Waals surface area contributed by atoms with Gasteiger partial charge in [0, 0.05) is 24.5 Å². The van der Waals surface area contributed by atoms with Crippen molar-refractivity contribution >= 4 is 17.4 Å². The van der Waals surface area contributed by atoms with E-state index in [1.807, 2.05) is 36.2 Å². The van der Waals surface area contributed by atoms with Gasteiger partial charge in [-0.1, -0.05) is 29.8 Å². The standard InChI is InChI=1S/C12H15ClN2/c1-15(12(14)9-6-7-9)8-10-4-2-3-5-11(10)13/h2-5,9,14H,6-8H2,1H3. The minimum absolute atomic E-state index is 0.498. The minimum Gasteiger partial charge on any atom is -0.359 e. The zero-order valence-corrected chi connectivity index (χ0v) is 9.59. The molecule has 0 bridgehead atoms. The third-order valence-electron chi connectivity index (χ3n) is 2.74. The Bertz CT molecular complexity index is 372. The van der Waals surface area contributed by atoms with Crippen molar-refractivity contribution in [3.63, 3.8) is 0 Å². The molecule has 0 atom stereocenters. The molecular weight excluding hydrogens is 208 g/mol. The Morgan fingerprint density at radius 3 is 2.73 bits per heavy atom. The smallest absolute Gasteiger partial charge is 0.0989 e. The molecule has 1 aliphatic carbocycles. The molecule has 3 heteroatoms. The van der Waals surface area contributed by atoms with Crippen LogP contribution in [0.5, 0.6) is 0 Å². The van der Waals surface area contributed by atoms with Gasteiger partial charge < -0.3 is 4.90 Å². The van der Waals surface area contributed by atoms with E-state index in [-0.39, 0.29) is 0 Å². The van der Waals surface area contributed by atoms with Gasteiger partial charge in [-0.25, -0.2) is 0 Å². The Morgan fingerprint density at radius 1 is 1.47 bits per heavy atom. The molecule has 2 nitrogen and oxygen atoms in total. The van der Waals surface area contributed by atoms with Crippen molar-refractivity contribution in [1.82, 2.24) is 4.90 Å². The topological polar surface area (TPSA) is 27.1 Å². The lowest BCUT2D eigenvalue weighted by molar-refractivity contribution is 0.481. The molecule has 1 saturated carbocycles. The predicted octanol–water partition coefficient (Wildman–Crippen LogP) is 3.16. The maximum Gasteiger partial charge on any atom is 0.0989 e. The lowest BCUT2D eigenvalue weighted by atomic mass is 10.2. The highest BCUT2D eigenvalue weighted by Crippen LogP contribution is 2.31. The van der Waals surface area contributed by atoms with E-state index in [1.54, 1.807) is 0 Å². The van der Waals surface area contributed by atoms with E-state index in [9.17, 15) is 0 Å². The number of nitrogens with zero attached hydrogens (tertiary/aromatic N) is 1. The monoisotopic (exact) mass is 222 g/mol. The van der Waals surface area contributed by atoms with E-state index in [2.05, 4.69) is 0 Å². The summed E-state index contributed by atoms with van der Waals surface area (Å²) >= 11 is 6.07. The largest absolute Gasteiger partial charge is 0.359 e. The maximum atomic E-state index is 7.91. The molecule has 0 aromatic heterocycles. The van der Waals surface area contributed by atoms with Gasteiger partial charge in [0.15, 0.2) is 0 Å². The molecule has 1 aliphatic rings. The zero-order chi connectivity index (χ0) is 10.8. The SMILES string of the molecule is CN(Cc1ccccc1Cl)C(=N)C1CC1. The lowest BCUT2D eigenvalue weighted by Crippen LogP contribution is -2.26. The summed E-state index contributed by atoms with van der Waals surface area (Å²) < 4.78 is 0. The van der Waals surface area contributed by atoms with Gasteiger partial charge in [-0.2, -0.15) is 0 Å². The molecule has 1 N–H and O–H groups in total. The summed E-state index contributed by atoms with van der Waals surface area (Å²) in [6.45, 7) is 0.731. The van der Waals surface area contributed by atoms with Crippen molar-refractivity contribution in [3.8, 4) is 0 Å². The summed E-state index contributed by atoms with van der Waals surface area (Å²) in [5.41, 5.74) is 1.09. The zero-order valence-electron chi connectivity index (χ0n) is 8.83. The summed E-state index contributed by atoms with van der Waals surface area (Å²) in [7, 11) is 1.96. The van der Waals surface area contributed by atoms with Crippen LogP contribution < -0.4 is 0 Å². The Hall–Kier alpha value is -1.02. The van der Waals surface area contributed by atoms with Crippen molar-refractivity contribution in [2.75, 3.05) is 7.05 Å². The molecule has 1 aromatic rings. The molecule has 0 heterocycles. The van der Waals surface area contributed by atoms with E-state index in [0.717, 1.165) is 23.0 Å². The molecule has 0 unspecified atom stereocenters. The molecule has 1 aromatic carbocycles. The highest BCUT2D eigenvalue weighted by molar-refractivity contribution is 6.31. The van der Waals surface area contributed by atoms with Gasteiger partial charge in [-0.15, -0.1) is 0 Å². The summed E-state index contributed by atoms with van der Waals surface area (Å²) in [5, 5.41) is 8.70. The highest BCUT2D eigenvalue weighted by atomic mass is 35.5. The average Bonchev–Trinajstić information content (AvgIpc) is 3.04. The first kappa shape index (κ1) is 10.5. The first-order valence-corrected chi connectivity index (χ1v) is 5.59. The number of halogens is 1. The Labute approximate surface area is 95.4 Å². The van der Waals surface area contributed by atoms with E-state index >= 15 is 0 Å². The molecule has 2 rings (SSSR count). The second-order valence-electron chi connectivity index (χ2n) is 4.11. The minimum atomic E-state index is 0.498. The fourth-order valence-electron chi connectivity index (χ4n) is 1.64. The first-order valence-electron chi connectivity index (χ1n) is 5.21. The van der Waals surface area contributed by atoms with Crippen LogP contribution in [0.15, 0.2) is 24.3 Å². The van der Waals surface area contributed by atoms with E-state index in [0.29, 0.717) is 5.92 Å². The van der Waals surface area contributed by atoms with Crippen LogP contribution in [0.3, 0.4) is 0 Å². The molecule has 0 spiro atoms. The molecule has 1 fully saturated rings. The van der Waals surface area contributed by atoms with Gasteiger partial charge in [-0.3, -0.25) is 5.41 Å². The number of hydrogen-bond acceptors (Lipinski definition) is 1. The van der Waals surface area contributed by atoms with Crippen LogP contribution in [0.1, 0.15) is 18.4 Å². The number of nitrogens with one attached hydrogen (secondary N) is 1. The molecule has 0 saturated heterocycles. The van der Waals surface area contributed by atoms with Crippen LogP contribution in [0, 0.1) is 11.3 Å². The molecule has 0 radical (unpaired) electrons. The number of hydrogen-bond donors (Lipinski definition) is 1. The van der Waals surface area contributed by atoms with Crippen molar-refractivity contribution < 1.29 is 0 Å². The Balaban J connectivity index is 2.01. The Kier molecular flexibility index (Phi) is 2.96. The molecule has 0 aliphatic heterocycles. The fraction of sp³-hybridized carbons (Fsp3) is 0.417. The van der Waals surface area contributed by atoms with Crippen LogP contribution in [0.2, 0.25) is 5.02 Å². The van der Waals surface area contributed by atoms with Crippen LogP contribution in [-0.4, -0.2) is 17.8 Å². The summed E-state index contributed by atoms with van der Waals surface area (Å²) in [6.07, 6.45) is 2.34. The normalized spacial score (nSPS) is 15.1. The molecule has 80 valence electrons. The van der Waals surface area contributed by atoms with E-state index in [1.165, 1.54) is 12.8 Å². The van der Waals surface area contributed by atoms with Crippen LogP contribution in [0.25, 0.3) is 0 Å². The Morgan fingerprint density at radius 2 is 2.13 bits per heavy atom. The van der Waals surface area contributed by atoms with Gasteiger partial charge >= 0.3 is 0 Å². The van der Waals surface area contributed by atoms with E-state index in [4.69, 9.17) is 17.0 Å². The second kappa shape index (κ2) is 4.23. The first-order chi connectivity index (χ1) is 7.18. The number of benzene rings is 1. The molecular formula is C12H15ClN2. The summed E-state index contributed by atoms with van der Waals surface area (Å²) in [6, 6.07) is 7.82. The van der Waals surface area contributed by atoms with E-state index < -0.39 is 0 Å². The maximum absolute atomic E-state index is 7.91. The van der Waals surface area contributed by atoms with Gasteiger partial charge in [0.2, 0.25) is 0 Å². The van der Waals surface area contributed by atoms with Crippen molar-refractivity contribution in [2.45, 2.75) is 19.4 Å². The van der Waals surface area contributed by atoms with Crippen LogP contribution >= 0.6 is 11.6 Å². The third-order valence-corrected chi connectivity index (χ3v) is 3.11. The lowest BCUT2D eigenvalue weighted by Gasteiger charge is -2.20. The number of amidine groups is 1. The fourth-order valence-corrected chi connectivity index (χ4v) is 1.83. The van der Waals surface area contributed by atoms with Gasteiger partial charge in [0.05, 0.1) is 5.84 Å². The van der Waals surface area contributed by atoms with Crippen LogP contribution in [0.4, 0.5) is 0 Å². The summed E-state index contributed by atoms with van der Waals surface area (Å²) in [4.78, 5) is 1.98. The van der Waals surface area contributed by atoms with Crippen LogP contribution in [-0.2, 0) is 6.54 Å². The van der Waals surface area contributed by atoms with Gasteiger partial charge in [-0.05, 0) is 24.5 Å². The number of rotatable bonds is 3. The molecule has 0 amide bonds. The van der Waals surface area contributed by atoms with Crippen molar-refractivity contribution in [2.24, 2.45) is 5.92 Å². The quantitative estimate of drug-likeness (QED) is 0.617.